The summed E-state index contributed by atoms with van der Waals surface area (Å²) in [6.07, 6.45) is 4.55. The molecule has 0 atom stereocenters. The van der Waals surface area contributed by atoms with E-state index in [2.05, 4.69) is 62.4 Å². The fraction of sp³-hybridized carbons (Fsp3) is 0.222. The molecule has 0 unspecified atom stereocenters. The average Bonchev–Trinajstić information content (AvgIpc) is 2.69. The molecule has 0 spiro atoms. The molecule has 1 aliphatic carbocycles. The molecule has 0 aliphatic heterocycles. The number of fused-ring (bicyclic) bond motifs is 1. The van der Waals surface area contributed by atoms with Gasteiger partial charge in [-0.3, -0.25) is 0 Å². The Morgan fingerprint density at radius 2 is 1.67 bits per heavy atom. The van der Waals surface area contributed by atoms with Gasteiger partial charge in [0.2, 0.25) is 0 Å². The Morgan fingerprint density at radius 1 is 0.944 bits per heavy atom. The first kappa shape index (κ1) is 11.3. The van der Waals surface area contributed by atoms with E-state index in [-0.39, 0.29) is 0 Å². The van der Waals surface area contributed by atoms with E-state index >= 15 is 0 Å². The van der Waals surface area contributed by atoms with Crippen molar-refractivity contribution < 1.29 is 0 Å². The van der Waals surface area contributed by atoms with Gasteiger partial charge in [-0.1, -0.05) is 65.2 Å². The number of hydrogen-bond acceptors (Lipinski definition) is 0. The van der Waals surface area contributed by atoms with Crippen molar-refractivity contribution in [2.45, 2.75) is 26.7 Å². The molecule has 3 rings (SSSR count). The molecule has 90 valence electrons. The lowest BCUT2D eigenvalue weighted by atomic mass is 10.00. The van der Waals surface area contributed by atoms with E-state index in [1.165, 1.54) is 33.4 Å². The smallest absolute Gasteiger partial charge is 0.00545 e. The molecule has 1 aliphatic rings. The molecule has 0 saturated carbocycles. The minimum Gasteiger partial charge on any atom is -0.0619 e. The summed E-state index contributed by atoms with van der Waals surface area (Å²) in [5.41, 5.74) is 8.56. The highest BCUT2D eigenvalue weighted by atomic mass is 14.2. The number of hydrogen-bond donors (Lipinski definition) is 0. The van der Waals surface area contributed by atoms with Gasteiger partial charge in [0.25, 0.3) is 0 Å². The van der Waals surface area contributed by atoms with Crippen LogP contribution < -0.4 is 0 Å². The van der Waals surface area contributed by atoms with Crippen LogP contribution in [-0.2, 0) is 12.8 Å². The van der Waals surface area contributed by atoms with Crippen molar-refractivity contribution in [3.8, 4) is 0 Å². The molecule has 0 heterocycles. The molecule has 18 heavy (non-hydrogen) atoms. The van der Waals surface area contributed by atoms with E-state index in [4.69, 9.17) is 0 Å². The molecule has 0 radical (unpaired) electrons. The molecule has 0 N–H and O–H groups in total. The van der Waals surface area contributed by atoms with Crippen LogP contribution in [-0.4, -0.2) is 0 Å². The van der Waals surface area contributed by atoms with Crippen molar-refractivity contribution in [2.75, 3.05) is 0 Å². The zero-order valence-electron chi connectivity index (χ0n) is 11.0. The average molecular weight is 234 g/mol. The standard InChI is InChI=1S/C18H18/c1-13-7-14(2)9-15(8-13)10-16-11-17-5-3-4-6-18(17)12-16/h3-9,11H,10,12H2,1-2H3. The van der Waals surface area contributed by atoms with E-state index in [9.17, 15) is 0 Å². The SMILES string of the molecule is Cc1cc(C)cc(CC2=Cc3ccccc3C2)c1. The van der Waals surface area contributed by atoms with E-state index < -0.39 is 0 Å². The Balaban J connectivity index is 1.83. The summed E-state index contributed by atoms with van der Waals surface area (Å²) in [5.74, 6) is 0. The predicted octanol–water partition coefficient (Wildman–Crippen LogP) is 4.49. The zero-order valence-corrected chi connectivity index (χ0v) is 11.0. The second kappa shape index (κ2) is 4.45. The second-order valence-corrected chi connectivity index (χ2v) is 5.35. The molecule has 0 heteroatoms. The maximum Gasteiger partial charge on any atom is -0.00545 e. The first-order valence-corrected chi connectivity index (χ1v) is 6.55. The molecule has 0 amide bonds. The highest BCUT2D eigenvalue weighted by molar-refractivity contribution is 5.64. The molecular weight excluding hydrogens is 216 g/mol. The van der Waals surface area contributed by atoms with E-state index in [1.807, 2.05) is 0 Å². The van der Waals surface area contributed by atoms with Crippen LogP contribution >= 0.6 is 0 Å². The molecule has 2 aromatic carbocycles. The molecule has 0 bridgehead atoms. The molecule has 2 aromatic rings. The van der Waals surface area contributed by atoms with Gasteiger partial charge in [-0.25, -0.2) is 0 Å². The minimum absolute atomic E-state index is 1.08. The summed E-state index contributed by atoms with van der Waals surface area (Å²) in [6, 6.07) is 15.5. The first-order chi connectivity index (χ1) is 8.70. The van der Waals surface area contributed by atoms with Crippen LogP contribution in [0.1, 0.15) is 27.8 Å². The van der Waals surface area contributed by atoms with Gasteiger partial charge in [0.1, 0.15) is 0 Å². The van der Waals surface area contributed by atoms with Gasteiger partial charge in [0.05, 0.1) is 0 Å². The van der Waals surface area contributed by atoms with E-state index in [0.29, 0.717) is 0 Å². The Kier molecular flexibility index (Phi) is 2.79. The Morgan fingerprint density at radius 3 is 2.39 bits per heavy atom. The van der Waals surface area contributed by atoms with Gasteiger partial charge in [0, 0.05) is 0 Å². The Bertz CT molecular complexity index is 597. The van der Waals surface area contributed by atoms with Crippen LogP contribution in [0.25, 0.3) is 6.08 Å². The number of benzene rings is 2. The van der Waals surface area contributed by atoms with Crippen LogP contribution in [0, 0.1) is 13.8 Å². The highest BCUT2D eigenvalue weighted by Gasteiger charge is 2.12. The first-order valence-electron chi connectivity index (χ1n) is 6.55. The van der Waals surface area contributed by atoms with Crippen LogP contribution in [0.5, 0.6) is 0 Å². The van der Waals surface area contributed by atoms with Gasteiger partial charge in [-0.15, -0.1) is 0 Å². The van der Waals surface area contributed by atoms with Crippen molar-refractivity contribution >= 4 is 6.08 Å². The third-order valence-electron chi connectivity index (χ3n) is 3.54. The number of aryl methyl sites for hydroxylation is 2. The summed E-state index contributed by atoms with van der Waals surface area (Å²) in [5, 5.41) is 0. The Hall–Kier alpha value is -1.82. The lowest BCUT2D eigenvalue weighted by Crippen LogP contribution is -1.92. The summed E-state index contributed by atoms with van der Waals surface area (Å²) in [6.45, 7) is 4.35. The molecule has 0 aromatic heterocycles. The van der Waals surface area contributed by atoms with E-state index in [1.54, 1.807) is 0 Å². The van der Waals surface area contributed by atoms with Crippen molar-refractivity contribution in [3.05, 3.63) is 75.9 Å². The van der Waals surface area contributed by atoms with Gasteiger partial charge >= 0.3 is 0 Å². The normalized spacial score (nSPS) is 13.3. The van der Waals surface area contributed by atoms with E-state index in [0.717, 1.165) is 12.8 Å². The zero-order chi connectivity index (χ0) is 12.5. The topological polar surface area (TPSA) is 0 Å². The molecule has 0 nitrogen and oxygen atoms in total. The third kappa shape index (κ3) is 2.24. The molecule has 0 fully saturated rings. The maximum absolute atomic E-state index is 2.35. The largest absolute Gasteiger partial charge is 0.0619 e. The lowest BCUT2D eigenvalue weighted by molar-refractivity contribution is 1.06. The Labute approximate surface area is 109 Å². The van der Waals surface area contributed by atoms with Crippen LogP contribution in [0.15, 0.2) is 48.0 Å². The highest BCUT2D eigenvalue weighted by Crippen LogP contribution is 2.27. The monoisotopic (exact) mass is 234 g/mol. The lowest BCUT2D eigenvalue weighted by Gasteiger charge is -2.06. The maximum atomic E-state index is 2.35. The van der Waals surface area contributed by atoms with Gasteiger partial charge < -0.3 is 0 Å². The third-order valence-corrected chi connectivity index (χ3v) is 3.54. The van der Waals surface area contributed by atoms with Crippen molar-refractivity contribution in [3.63, 3.8) is 0 Å². The predicted molar refractivity (Wildman–Crippen MR) is 77.7 cm³/mol. The quantitative estimate of drug-likeness (QED) is 0.718. The van der Waals surface area contributed by atoms with Gasteiger partial charge in [-0.2, -0.15) is 0 Å². The summed E-state index contributed by atoms with van der Waals surface area (Å²) >= 11 is 0. The van der Waals surface area contributed by atoms with Crippen molar-refractivity contribution in [2.24, 2.45) is 0 Å². The van der Waals surface area contributed by atoms with Crippen molar-refractivity contribution in [1.82, 2.24) is 0 Å². The van der Waals surface area contributed by atoms with Crippen LogP contribution in [0.3, 0.4) is 0 Å². The van der Waals surface area contributed by atoms with Gasteiger partial charge in [0.15, 0.2) is 0 Å². The second-order valence-electron chi connectivity index (χ2n) is 5.35. The van der Waals surface area contributed by atoms with Crippen LogP contribution in [0.4, 0.5) is 0 Å². The summed E-state index contributed by atoms with van der Waals surface area (Å²) < 4.78 is 0. The fourth-order valence-corrected chi connectivity index (χ4v) is 2.90. The summed E-state index contributed by atoms with van der Waals surface area (Å²) in [4.78, 5) is 0. The van der Waals surface area contributed by atoms with Gasteiger partial charge in [-0.05, 0) is 43.4 Å². The minimum atomic E-state index is 1.08. The summed E-state index contributed by atoms with van der Waals surface area (Å²) in [7, 11) is 0. The number of rotatable bonds is 2. The van der Waals surface area contributed by atoms with Crippen LogP contribution in [0.2, 0.25) is 0 Å². The number of allylic oxidation sites excluding steroid dienone is 1. The fourth-order valence-electron chi connectivity index (χ4n) is 2.90. The van der Waals surface area contributed by atoms with Crippen molar-refractivity contribution in [1.29, 1.82) is 0 Å². The molecular formula is C18H18. The molecule has 0 saturated heterocycles.